The summed E-state index contributed by atoms with van der Waals surface area (Å²) in [5.41, 5.74) is 0. The second kappa shape index (κ2) is 22.9. The van der Waals surface area contributed by atoms with Crippen LogP contribution in [-0.4, -0.2) is 7.11 Å². The van der Waals surface area contributed by atoms with E-state index in [2.05, 4.69) is 12.2 Å². The minimum Gasteiger partial charge on any atom is -0.857 e. The van der Waals surface area contributed by atoms with E-state index in [4.69, 9.17) is 5.11 Å². The van der Waals surface area contributed by atoms with Crippen LogP contribution in [0.1, 0.15) is 6.42 Å². The first kappa shape index (κ1) is 22.5. The summed E-state index contributed by atoms with van der Waals surface area (Å²) < 4.78 is 0. The molecule has 0 amide bonds. The van der Waals surface area contributed by atoms with Gasteiger partial charge < -0.3 is 20.0 Å². The van der Waals surface area contributed by atoms with Gasteiger partial charge in [-0.15, -0.1) is 6.42 Å². The topological polar surface area (TPSA) is 23.1 Å². The molecule has 0 aliphatic heterocycles. The van der Waals surface area contributed by atoms with Gasteiger partial charge in [0.2, 0.25) is 0 Å². The van der Waals surface area contributed by atoms with E-state index in [1.807, 2.05) is 12.2 Å². The molecule has 1 aliphatic rings. The predicted octanol–water partition coefficient (Wildman–Crippen LogP) is 1.18. The molecule has 0 aromatic heterocycles. The summed E-state index contributed by atoms with van der Waals surface area (Å²) in [4.78, 5) is 0. The Morgan fingerprint density at radius 3 is 1.90 bits per heavy atom. The van der Waals surface area contributed by atoms with Crippen LogP contribution >= 0.6 is 0 Å². The Balaban J connectivity index is -0.0000000337. The molecule has 0 radical (unpaired) electrons. The molecule has 0 atom stereocenters. The van der Waals surface area contributed by atoms with Crippen molar-refractivity contribution in [3.63, 3.8) is 0 Å². The maximum Gasteiger partial charge on any atom is 4.00 e. The predicted molar refractivity (Wildman–Crippen MR) is 40.3 cm³/mol. The molecule has 1 aliphatic carbocycles. The molecular formula is C8H14OTi. The third kappa shape index (κ3) is 15.7. The van der Waals surface area contributed by atoms with Gasteiger partial charge in [-0.1, -0.05) is 0 Å². The van der Waals surface area contributed by atoms with E-state index in [-0.39, 0.29) is 36.6 Å². The Labute approximate surface area is 79.7 Å². The third-order valence-electron chi connectivity index (χ3n) is 0.586. The zero-order valence-corrected chi connectivity index (χ0v) is 8.41. The van der Waals surface area contributed by atoms with Crippen LogP contribution in [0.5, 0.6) is 0 Å². The minimum atomic E-state index is 0. The molecule has 0 saturated heterocycles. The van der Waals surface area contributed by atoms with E-state index in [1.54, 1.807) is 0 Å². The maximum absolute atomic E-state index is 8.25. The van der Waals surface area contributed by atoms with Crippen molar-refractivity contribution >= 4 is 0 Å². The van der Waals surface area contributed by atoms with Gasteiger partial charge in [-0.3, -0.25) is 6.08 Å². The van der Waals surface area contributed by atoms with Crippen molar-refractivity contribution in [2.45, 2.75) is 6.42 Å². The Hall–Kier alpha value is 0.154. The molecule has 0 aromatic rings. The van der Waals surface area contributed by atoms with Crippen LogP contribution in [0.4, 0.5) is 0 Å². The Morgan fingerprint density at radius 1 is 1.30 bits per heavy atom. The van der Waals surface area contributed by atoms with E-state index in [9.17, 15) is 0 Å². The van der Waals surface area contributed by atoms with Gasteiger partial charge in [0, 0.05) is 0 Å². The van der Waals surface area contributed by atoms with Crippen molar-refractivity contribution in [1.29, 1.82) is 0 Å². The Kier molecular flexibility index (Phi) is 51.5. The van der Waals surface area contributed by atoms with E-state index in [0.717, 1.165) is 13.5 Å². The van der Waals surface area contributed by atoms with Crippen molar-refractivity contribution in [1.82, 2.24) is 0 Å². The number of allylic oxidation sites excluding steroid dienone is 4. The SMILES string of the molecule is C[O-].[C-]1=CC=CC1.[CH3-].[CH3-].[Ti+4]. The minimum absolute atomic E-state index is 0. The van der Waals surface area contributed by atoms with Crippen LogP contribution in [0.15, 0.2) is 18.2 Å². The van der Waals surface area contributed by atoms with Crippen molar-refractivity contribution in [2.24, 2.45) is 0 Å². The smallest absolute Gasteiger partial charge is 0.857 e. The average Bonchev–Trinajstić information content (AvgIpc) is 2.23. The van der Waals surface area contributed by atoms with Crippen molar-refractivity contribution in [2.75, 3.05) is 7.11 Å². The van der Waals surface area contributed by atoms with E-state index < -0.39 is 0 Å². The molecule has 10 heavy (non-hydrogen) atoms. The fourth-order valence-corrected chi connectivity index (χ4v) is 0.340. The molecule has 56 valence electrons. The third-order valence-corrected chi connectivity index (χ3v) is 0.586. The quantitative estimate of drug-likeness (QED) is 0.399. The number of hydrogen-bond donors (Lipinski definition) is 0. The van der Waals surface area contributed by atoms with Gasteiger partial charge in [0.15, 0.2) is 0 Å². The van der Waals surface area contributed by atoms with Crippen LogP contribution in [-0.2, 0) is 21.7 Å². The maximum atomic E-state index is 8.25. The number of hydrogen-bond acceptors (Lipinski definition) is 1. The molecule has 1 nitrogen and oxygen atoms in total. The molecule has 0 heterocycles. The van der Waals surface area contributed by atoms with Crippen LogP contribution in [0, 0.1) is 20.9 Å². The summed E-state index contributed by atoms with van der Waals surface area (Å²) in [5, 5.41) is 8.25. The first-order valence-electron chi connectivity index (χ1n) is 2.13. The fraction of sp³-hybridized carbons (Fsp3) is 0.250. The van der Waals surface area contributed by atoms with E-state index in [1.165, 1.54) is 0 Å². The van der Waals surface area contributed by atoms with Crippen molar-refractivity contribution < 1.29 is 26.8 Å². The van der Waals surface area contributed by atoms with Gasteiger partial charge in [0.05, 0.1) is 0 Å². The van der Waals surface area contributed by atoms with Crippen LogP contribution in [0.3, 0.4) is 0 Å². The Morgan fingerprint density at radius 2 is 1.80 bits per heavy atom. The van der Waals surface area contributed by atoms with Crippen molar-refractivity contribution in [3.8, 4) is 0 Å². The van der Waals surface area contributed by atoms with E-state index in [0.29, 0.717) is 0 Å². The number of rotatable bonds is 0. The van der Waals surface area contributed by atoms with E-state index >= 15 is 0 Å². The monoisotopic (exact) mass is 174 g/mol. The van der Waals surface area contributed by atoms with Crippen LogP contribution in [0.25, 0.3) is 0 Å². The van der Waals surface area contributed by atoms with Gasteiger partial charge in [-0.05, 0) is 0 Å². The van der Waals surface area contributed by atoms with Crippen molar-refractivity contribution in [3.05, 3.63) is 39.2 Å². The van der Waals surface area contributed by atoms with Crippen LogP contribution in [0.2, 0.25) is 0 Å². The fourth-order valence-electron chi connectivity index (χ4n) is 0.340. The molecule has 0 unspecified atom stereocenters. The molecule has 1 rings (SSSR count). The van der Waals surface area contributed by atoms with Gasteiger partial charge in [-0.2, -0.15) is 13.2 Å². The Bertz CT molecular complexity index is 67.3. The molecule has 0 fully saturated rings. The van der Waals surface area contributed by atoms with Gasteiger partial charge >= 0.3 is 21.7 Å². The second-order valence-corrected chi connectivity index (χ2v) is 1.00. The first-order valence-corrected chi connectivity index (χ1v) is 2.13. The zero-order chi connectivity index (χ0) is 5.54. The summed E-state index contributed by atoms with van der Waals surface area (Å²) in [7, 11) is 0.750. The second-order valence-electron chi connectivity index (χ2n) is 1.00. The zero-order valence-electron chi connectivity index (χ0n) is 6.85. The largest absolute Gasteiger partial charge is 4.00 e. The average molecular weight is 174 g/mol. The standard InChI is InChI=1S/C5H5.CH3O.2CH3.Ti/c1-2-4-5-3-1;1-2;;;/h1-3H,4H2;1H3;2*1H3;/q4*-1;+4. The molecule has 2 heteroatoms. The molecule has 0 N–H and O–H groups in total. The summed E-state index contributed by atoms with van der Waals surface area (Å²) >= 11 is 0. The molecule has 0 bridgehead atoms. The summed E-state index contributed by atoms with van der Waals surface area (Å²) in [6.45, 7) is 0. The van der Waals surface area contributed by atoms with Gasteiger partial charge in [0.25, 0.3) is 0 Å². The summed E-state index contributed by atoms with van der Waals surface area (Å²) in [6, 6.07) is 0. The molecule has 0 aromatic carbocycles. The van der Waals surface area contributed by atoms with Gasteiger partial charge in [0.1, 0.15) is 0 Å². The van der Waals surface area contributed by atoms with Crippen LogP contribution < -0.4 is 5.11 Å². The molecule has 0 saturated carbocycles. The van der Waals surface area contributed by atoms with Gasteiger partial charge in [-0.25, -0.2) is 12.2 Å². The normalized spacial score (nSPS) is 9.40. The summed E-state index contributed by atoms with van der Waals surface area (Å²) in [6.07, 6.45) is 10.0. The molecule has 0 spiro atoms. The molecular weight excluding hydrogens is 160 g/mol. The first-order chi connectivity index (χ1) is 3.50. The summed E-state index contributed by atoms with van der Waals surface area (Å²) in [5.74, 6) is 0.